The van der Waals surface area contributed by atoms with Gasteiger partial charge in [0.1, 0.15) is 17.5 Å². The van der Waals surface area contributed by atoms with Crippen LogP contribution in [0.2, 0.25) is 0 Å². The van der Waals surface area contributed by atoms with Gasteiger partial charge in [0.25, 0.3) is 5.91 Å². The van der Waals surface area contributed by atoms with Gasteiger partial charge in [0.05, 0.1) is 5.69 Å². The Kier molecular flexibility index (Phi) is 6.00. The van der Waals surface area contributed by atoms with E-state index in [1.54, 1.807) is 6.07 Å². The van der Waals surface area contributed by atoms with Crippen molar-refractivity contribution in [3.8, 4) is 11.8 Å². The molecule has 0 aliphatic carbocycles. The van der Waals surface area contributed by atoms with E-state index in [1.165, 1.54) is 24.3 Å². The molecule has 1 aromatic heterocycles. The third kappa shape index (κ3) is 4.30. The molecule has 1 heterocycles. The van der Waals surface area contributed by atoms with Gasteiger partial charge in [-0.25, -0.2) is 4.39 Å². The summed E-state index contributed by atoms with van der Waals surface area (Å²) >= 11 is 3.51. The minimum Gasteiger partial charge on any atom is -0.319 e. The first-order valence-electron chi connectivity index (χ1n) is 8.95. The van der Waals surface area contributed by atoms with E-state index in [1.807, 2.05) is 45.0 Å². The van der Waals surface area contributed by atoms with E-state index >= 15 is 0 Å². The Balaban J connectivity index is 1.96. The summed E-state index contributed by atoms with van der Waals surface area (Å²) in [6.07, 6.45) is 1.53. The number of carbonyl (C=O) groups is 1. The summed E-state index contributed by atoms with van der Waals surface area (Å²) in [6, 6.07) is 15.7. The molecule has 2 aromatic carbocycles. The highest BCUT2D eigenvalue weighted by atomic mass is 79.9. The maximum Gasteiger partial charge on any atom is 0.266 e. The number of aryl methyl sites for hydroxylation is 2. The lowest BCUT2D eigenvalue weighted by Gasteiger charge is -2.11. The van der Waals surface area contributed by atoms with Crippen LogP contribution in [0.5, 0.6) is 0 Å². The quantitative estimate of drug-likeness (QED) is 0.399. The molecule has 0 unspecified atom stereocenters. The molecule has 0 radical (unpaired) electrons. The van der Waals surface area contributed by atoms with Gasteiger partial charge in [-0.15, -0.1) is 0 Å². The molecule has 0 saturated carbocycles. The molecule has 146 valence electrons. The van der Waals surface area contributed by atoms with Crippen LogP contribution in [0, 0.1) is 37.9 Å². The molecule has 1 amide bonds. The van der Waals surface area contributed by atoms with Crippen LogP contribution in [0.3, 0.4) is 0 Å². The van der Waals surface area contributed by atoms with Crippen LogP contribution in [-0.4, -0.2) is 10.5 Å². The Labute approximate surface area is 177 Å². The van der Waals surface area contributed by atoms with Gasteiger partial charge in [-0.3, -0.25) is 4.79 Å². The van der Waals surface area contributed by atoms with Gasteiger partial charge < -0.3 is 9.88 Å². The SMILES string of the molecule is Cc1cc(-n2c(C)cc(/C=C(/C#N)C(=O)Nc3ccccc3F)c2C)ccc1Br. The highest BCUT2D eigenvalue weighted by Gasteiger charge is 2.15. The van der Waals surface area contributed by atoms with E-state index in [0.29, 0.717) is 0 Å². The number of carbonyl (C=O) groups excluding carboxylic acids is 1. The van der Waals surface area contributed by atoms with Gasteiger partial charge >= 0.3 is 0 Å². The molecule has 29 heavy (non-hydrogen) atoms. The van der Waals surface area contributed by atoms with E-state index in [-0.39, 0.29) is 11.3 Å². The minimum atomic E-state index is -0.651. The Bertz CT molecular complexity index is 1170. The second kappa shape index (κ2) is 8.46. The van der Waals surface area contributed by atoms with Gasteiger partial charge in [-0.1, -0.05) is 28.1 Å². The molecule has 0 fully saturated rings. The van der Waals surface area contributed by atoms with E-state index in [0.717, 1.165) is 32.7 Å². The zero-order valence-electron chi connectivity index (χ0n) is 16.3. The molecule has 0 aliphatic rings. The lowest BCUT2D eigenvalue weighted by molar-refractivity contribution is -0.112. The minimum absolute atomic E-state index is 0.0365. The standard InChI is InChI=1S/C23H19BrFN3O/c1-14-10-19(8-9-20(14)24)28-15(2)11-17(16(28)3)12-18(13-26)23(29)27-22-7-5-4-6-21(22)25/h4-12H,1-3H3,(H,27,29)/b18-12-. The van der Waals surface area contributed by atoms with Crippen molar-refractivity contribution in [3.05, 3.63) is 86.9 Å². The Morgan fingerprint density at radius 1 is 1.17 bits per heavy atom. The Hall–Kier alpha value is -3.17. The van der Waals surface area contributed by atoms with Crippen molar-refractivity contribution >= 4 is 33.6 Å². The number of aromatic nitrogens is 1. The average Bonchev–Trinajstić information content (AvgIpc) is 2.97. The molecule has 0 bridgehead atoms. The molecular formula is C23H19BrFN3O. The van der Waals surface area contributed by atoms with Crippen LogP contribution in [0.4, 0.5) is 10.1 Å². The molecule has 3 rings (SSSR count). The van der Waals surface area contributed by atoms with Crippen LogP contribution < -0.4 is 5.32 Å². The number of nitrogens with zero attached hydrogens (tertiary/aromatic N) is 2. The fourth-order valence-electron chi connectivity index (χ4n) is 3.16. The number of nitriles is 1. The lowest BCUT2D eigenvalue weighted by Crippen LogP contribution is -2.14. The Morgan fingerprint density at radius 2 is 1.90 bits per heavy atom. The smallest absolute Gasteiger partial charge is 0.266 e. The van der Waals surface area contributed by atoms with Crippen molar-refractivity contribution in [2.24, 2.45) is 0 Å². The third-order valence-electron chi connectivity index (χ3n) is 4.66. The molecule has 0 atom stereocenters. The maximum atomic E-state index is 13.8. The number of hydrogen-bond acceptors (Lipinski definition) is 2. The number of halogens is 2. The average molecular weight is 452 g/mol. The highest BCUT2D eigenvalue weighted by molar-refractivity contribution is 9.10. The molecule has 0 saturated heterocycles. The predicted molar refractivity (Wildman–Crippen MR) is 116 cm³/mol. The summed E-state index contributed by atoms with van der Waals surface area (Å²) in [5.74, 6) is -1.20. The normalized spacial score (nSPS) is 11.2. The maximum absolute atomic E-state index is 13.8. The topological polar surface area (TPSA) is 57.8 Å². The zero-order valence-corrected chi connectivity index (χ0v) is 17.8. The van der Waals surface area contributed by atoms with E-state index in [9.17, 15) is 14.4 Å². The number of anilines is 1. The molecular weight excluding hydrogens is 433 g/mol. The number of benzene rings is 2. The fraction of sp³-hybridized carbons (Fsp3) is 0.130. The number of rotatable bonds is 4. The van der Waals surface area contributed by atoms with Gasteiger partial charge in [0.15, 0.2) is 0 Å². The number of para-hydroxylation sites is 1. The largest absolute Gasteiger partial charge is 0.319 e. The van der Waals surface area contributed by atoms with E-state index < -0.39 is 11.7 Å². The zero-order chi connectivity index (χ0) is 21.1. The summed E-state index contributed by atoms with van der Waals surface area (Å²) in [7, 11) is 0. The van der Waals surface area contributed by atoms with Gasteiger partial charge in [0.2, 0.25) is 0 Å². The third-order valence-corrected chi connectivity index (χ3v) is 5.55. The fourth-order valence-corrected chi connectivity index (χ4v) is 3.40. The first kappa shape index (κ1) is 20.6. The van der Waals surface area contributed by atoms with Crippen LogP contribution in [-0.2, 0) is 4.79 Å². The van der Waals surface area contributed by atoms with Gasteiger partial charge in [-0.2, -0.15) is 5.26 Å². The molecule has 4 nitrogen and oxygen atoms in total. The van der Waals surface area contributed by atoms with Crippen LogP contribution in [0.15, 0.2) is 58.6 Å². The highest BCUT2D eigenvalue weighted by Crippen LogP contribution is 2.26. The number of hydrogen-bond donors (Lipinski definition) is 1. The molecule has 0 spiro atoms. The second-order valence-electron chi connectivity index (χ2n) is 6.70. The molecule has 6 heteroatoms. The van der Waals surface area contributed by atoms with Crippen LogP contribution >= 0.6 is 15.9 Å². The summed E-state index contributed by atoms with van der Waals surface area (Å²) in [6.45, 7) is 5.91. The summed E-state index contributed by atoms with van der Waals surface area (Å²) in [5.41, 5.74) is 4.67. The Morgan fingerprint density at radius 3 is 2.55 bits per heavy atom. The summed E-state index contributed by atoms with van der Waals surface area (Å²) < 4.78 is 16.9. The number of amides is 1. The van der Waals surface area contributed by atoms with Gasteiger partial charge in [-0.05, 0) is 74.4 Å². The van der Waals surface area contributed by atoms with E-state index in [4.69, 9.17) is 0 Å². The van der Waals surface area contributed by atoms with Crippen molar-refractivity contribution in [1.82, 2.24) is 4.57 Å². The predicted octanol–water partition coefficient (Wildman–Crippen LogP) is 5.85. The molecule has 0 aliphatic heterocycles. The van der Waals surface area contributed by atoms with Crippen molar-refractivity contribution in [1.29, 1.82) is 5.26 Å². The van der Waals surface area contributed by atoms with Gasteiger partial charge in [0, 0.05) is 21.5 Å². The van der Waals surface area contributed by atoms with E-state index in [2.05, 4.69) is 31.9 Å². The summed E-state index contributed by atoms with van der Waals surface area (Å²) in [4.78, 5) is 12.5. The van der Waals surface area contributed by atoms with Crippen molar-refractivity contribution in [3.63, 3.8) is 0 Å². The van der Waals surface area contributed by atoms with Crippen molar-refractivity contribution in [2.75, 3.05) is 5.32 Å². The first-order chi connectivity index (χ1) is 13.8. The van der Waals surface area contributed by atoms with Crippen molar-refractivity contribution < 1.29 is 9.18 Å². The molecule has 3 aromatic rings. The first-order valence-corrected chi connectivity index (χ1v) is 9.74. The molecule has 1 N–H and O–H groups in total. The summed E-state index contributed by atoms with van der Waals surface area (Å²) in [5, 5.41) is 11.9. The lowest BCUT2D eigenvalue weighted by atomic mass is 10.1. The van der Waals surface area contributed by atoms with Crippen molar-refractivity contribution in [2.45, 2.75) is 20.8 Å². The van der Waals surface area contributed by atoms with Crippen LogP contribution in [0.25, 0.3) is 11.8 Å². The monoisotopic (exact) mass is 451 g/mol. The number of nitrogens with one attached hydrogen (secondary N) is 1. The second-order valence-corrected chi connectivity index (χ2v) is 7.55. The van der Waals surface area contributed by atoms with Crippen LogP contribution in [0.1, 0.15) is 22.5 Å².